The molecular formula is C19H31N3O4. The lowest BCUT2D eigenvalue weighted by Crippen LogP contribution is -2.37. The highest BCUT2D eigenvalue weighted by atomic mass is 16.5. The molecule has 7 nitrogen and oxygen atoms in total. The Morgan fingerprint density at radius 1 is 1.15 bits per heavy atom. The first-order valence-electron chi connectivity index (χ1n) is 8.83. The lowest BCUT2D eigenvalue weighted by atomic mass is 10.1. The van der Waals surface area contributed by atoms with Crippen LogP contribution in [0.3, 0.4) is 0 Å². The fraction of sp³-hybridized carbons (Fsp3) is 0.579. The van der Waals surface area contributed by atoms with Crippen molar-refractivity contribution < 1.29 is 19.0 Å². The summed E-state index contributed by atoms with van der Waals surface area (Å²) in [6.07, 6.45) is 2.09. The molecule has 1 aromatic carbocycles. The molecule has 0 heterocycles. The molecule has 2 N–H and O–H groups in total. The molecule has 0 fully saturated rings. The van der Waals surface area contributed by atoms with E-state index in [4.69, 9.17) is 9.47 Å². The van der Waals surface area contributed by atoms with Crippen molar-refractivity contribution in [3.63, 3.8) is 0 Å². The number of carbonyl (C=O) groups is 1. The van der Waals surface area contributed by atoms with Crippen LogP contribution in [0.15, 0.2) is 23.2 Å². The fourth-order valence-corrected chi connectivity index (χ4v) is 2.28. The molecule has 0 aliphatic heterocycles. The summed E-state index contributed by atoms with van der Waals surface area (Å²) in [6.45, 7) is 4.44. The third-order valence-electron chi connectivity index (χ3n) is 3.77. The lowest BCUT2D eigenvalue weighted by Gasteiger charge is -2.15. The Bertz CT molecular complexity index is 576. The van der Waals surface area contributed by atoms with E-state index in [1.165, 1.54) is 7.11 Å². The second kappa shape index (κ2) is 13.0. The minimum absolute atomic E-state index is 0.173. The van der Waals surface area contributed by atoms with E-state index in [-0.39, 0.29) is 5.97 Å². The van der Waals surface area contributed by atoms with Crippen LogP contribution in [0.1, 0.15) is 30.4 Å². The first kappa shape index (κ1) is 21.8. The van der Waals surface area contributed by atoms with Crippen LogP contribution in [0.25, 0.3) is 0 Å². The van der Waals surface area contributed by atoms with E-state index in [0.29, 0.717) is 32.1 Å². The van der Waals surface area contributed by atoms with Gasteiger partial charge in [-0.1, -0.05) is 12.1 Å². The maximum atomic E-state index is 11.1. The second-order valence-electron chi connectivity index (χ2n) is 5.84. The van der Waals surface area contributed by atoms with Crippen molar-refractivity contribution in [3.8, 4) is 5.75 Å². The van der Waals surface area contributed by atoms with Gasteiger partial charge >= 0.3 is 5.97 Å². The minimum atomic E-state index is -0.173. The van der Waals surface area contributed by atoms with Crippen molar-refractivity contribution in [1.82, 2.24) is 10.6 Å². The van der Waals surface area contributed by atoms with Crippen molar-refractivity contribution in [3.05, 3.63) is 29.3 Å². The van der Waals surface area contributed by atoms with Gasteiger partial charge < -0.3 is 24.8 Å². The number of guanidine groups is 1. The SMILES string of the molecule is CN=C(NCCCCC(=O)OC)NCc1ccc(C)cc1OCCOC. The third kappa shape index (κ3) is 8.71. The van der Waals surface area contributed by atoms with Gasteiger partial charge in [-0.05, 0) is 31.4 Å². The quantitative estimate of drug-likeness (QED) is 0.270. The van der Waals surface area contributed by atoms with E-state index in [0.717, 1.165) is 36.3 Å². The van der Waals surface area contributed by atoms with Gasteiger partial charge in [0.15, 0.2) is 5.96 Å². The van der Waals surface area contributed by atoms with Gasteiger partial charge in [0.25, 0.3) is 0 Å². The number of nitrogens with zero attached hydrogens (tertiary/aromatic N) is 1. The molecule has 146 valence electrons. The van der Waals surface area contributed by atoms with E-state index in [9.17, 15) is 4.79 Å². The average molecular weight is 365 g/mol. The molecule has 0 unspecified atom stereocenters. The van der Waals surface area contributed by atoms with Crippen LogP contribution in [-0.4, -0.2) is 53.0 Å². The van der Waals surface area contributed by atoms with E-state index in [1.54, 1.807) is 14.2 Å². The summed E-state index contributed by atoms with van der Waals surface area (Å²) in [5.74, 6) is 1.39. The number of nitrogens with one attached hydrogen (secondary N) is 2. The fourth-order valence-electron chi connectivity index (χ4n) is 2.28. The number of aliphatic imine (C=N–C) groups is 1. The van der Waals surface area contributed by atoms with Crippen LogP contribution >= 0.6 is 0 Å². The molecule has 0 saturated heterocycles. The molecule has 7 heteroatoms. The number of aryl methyl sites for hydroxylation is 1. The largest absolute Gasteiger partial charge is 0.491 e. The van der Waals surface area contributed by atoms with Crippen LogP contribution in [0, 0.1) is 6.92 Å². The van der Waals surface area contributed by atoms with Gasteiger partial charge in [0.2, 0.25) is 0 Å². The van der Waals surface area contributed by atoms with Crippen molar-refractivity contribution in [2.24, 2.45) is 4.99 Å². The zero-order valence-corrected chi connectivity index (χ0v) is 16.3. The highest BCUT2D eigenvalue weighted by molar-refractivity contribution is 5.79. The number of ether oxygens (including phenoxy) is 3. The zero-order valence-electron chi connectivity index (χ0n) is 16.3. The molecule has 1 rings (SSSR count). The van der Waals surface area contributed by atoms with Gasteiger partial charge in [-0.2, -0.15) is 0 Å². The summed E-state index contributed by atoms with van der Waals surface area (Å²) < 4.78 is 15.5. The second-order valence-corrected chi connectivity index (χ2v) is 5.84. The molecule has 0 bridgehead atoms. The van der Waals surface area contributed by atoms with Crippen LogP contribution in [-0.2, 0) is 20.8 Å². The topological polar surface area (TPSA) is 81.2 Å². The van der Waals surface area contributed by atoms with Crippen molar-refractivity contribution >= 4 is 11.9 Å². The predicted molar refractivity (Wildman–Crippen MR) is 103 cm³/mol. The Hall–Kier alpha value is -2.28. The number of hydrogen-bond donors (Lipinski definition) is 2. The summed E-state index contributed by atoms with van der Waals surface area (Å²) in [5, 5.41) is 6.52. The van der Waals surface area contributed by atoms with Gasteiger partial charge in [-0.15, -0.1) is 0 Å². The van der Waals surface area contributed by atoms with Gasteiger partial charge in [0.05, 0.1) is 13.7 Å². The van der Waals surface area contributed by atoms with Gasteiger partial charge in [0.1, 0.15) is 12.4 Å². The number of rotatable bonds is 11. The Morgan fingerprint density at radius 3 is 2.65 bits per heavy atom. The molecule has 0 atom stereocenters. The zero-order chi connectivity index (χ0) is 19.2. The average Bonchev–Trinajstić information content (AvgIpc) is 2.65. The Balaban J connectivity index is 2.44. The number of unbranched alkanes of at least 4 members (excludes halogenated alkanes) is 1. The lowest BCUT2D eigenvalue weighted by molar-refractivity contribution is -0.140. The molecule has 0 radical (unpaired) electrons. The third-order valence-corrected chi connectivity index (χ3v) is 3.77. The maximum Gasteiger partial charge on any atom is 0.305 e. The summed E-state index contributed by atoms with van der Waals surface area (Å²) in [6, 6.07) is 6.13. The van der Waals surface area contributed by atoms with Gasteiger partial charge in [0, 0.05) is 39.2 Å². The number of methoxy groups -OCH3 is 2. The molecule has 0 saturated carbocycles. The number of esters is 1. The van der Waals surface area contributed by atoms with E-state index in [2.05, 4.69) is 26.4 Å². The van der Waals surface area contributed by atoms with Crippen LogP contribution < -0.4 is 15.4 Å². The first-order chi connectivity index (χ1) is 12.6. The summed E-state index contributed by atoms with van der Waals surface area (Å²) in [5.41, 5.74) is 2.20. The maximum absolute atomic E-state index is 11.1. The number of benzene rings is 1. The number of hydrogen-bond acceptors (Lipinski definition) is 5. The highest BCUT2D eigenvalue weighted by Crippen LogP contribution is 2.20. The standard InChI is InChI=1S/C19H31N3O4/c1-15-8-9-16(17(13-15)26-12-11-24-3)14-22-19(20-2)21-10-6-5-7-18(23)25-4/h8-9,13H,5-7,10-12,14H2,1-4H3,(H2,20,21,22). The van der Waals surface area contributed by atoms with Gasteiger partial charge in [-0.3, -0.25) is 9.79 Å². The molecule has 0 amide bonds. The predicted octanol–water partition coefficient (Wildman–Crippen LogP) is 2.03. The molecule has 0 spiro atoms. The van der Waals surface area contributed by atoms with E-state index in [1.807, 2.05) is 19.1 Å². The Labute approximate surface area is 156 Å². The summed E-state index contributed by atoms with van der Waals surface area (Å²) in [7, 11) is 4.79. The summed E-state index contributed by atoms with van der Waals surface area (Å²) >= 11 is 0. The summed E-state index contributed by atoms with van der Waals surface area (Å²) in [4.78, 5) is 15.3. The number of carbonyl (C=O) groups excluding carboxylic acids is 1. The smallest absolute Gasteiger partial charge is 0.305 e. The van der Waals surface area contributed by atoms with Crippen LogP contribution in [0.4, 0.5) is 0 Å². The van der Waals surface area contributed by atoms with E-state index < -0.39 is 0 Å². The normalized spacial score (nSPS) is 11.2. The minimum Gasteiger partial charge on any atom is -0.491 e. The van der Waals surface area contributed by atoms with Crippen molar-refractivity contribution in [2.75, 3.05) is 41.0 Å². The monoisotopic (exact) mass is 365 g/mol. The van der Waals surface area contributed by atoms with Crippen molar-refractivity contribution in [1.29, 1.82) is 0 Å². The molecule has 0 aliphatic carbocycles. The molecule has 0 aliphatic rings. The van der Waals surface area contributed by atoms with Gasteiger partial charge in [-0.25, -0.2) is 0 Å². The van der Waals surface area contributed by atoms with E-state index >= 15 is 0 Å². The van der Waals surface area contributed by atoms with Crippen LogP contribution in [0.2, 0.25) is 0 Å². The molecule has 0 aromatic heterocycles. The first-order valence-corrected chi connectivity index (χ1v) is 8.83. The Kier molecular flexibility index (Phi) is 10.9. The van der Waals surface area contributed by atoms with Crippen LogP contribution in [0.5, 0.6) is 5.75 Å². The molecular weight excluding hydrogens is 334 g/mol. The van der Waals surface area contributed by atoms with Crippen molar-refractivity contribution in [2.45, 2.75) is 32.7 Å². The Morgan fingerprint density at radius 2 is 1.96 bits per heavy atom. The molecule has 1 aromatic rings. The highest BCUT2D eigenvalue weighted by Gasteiger charge is 2.06. The molecule has 26 heavy (non-hydrogen) atoms.